The molecule has 36 heavy (non-hydrogen) atoms. The van der Waals surface area contributed by atoms with E-state index in [1.54, 1.807) is 41.3 Å². The monoisotopic (exact) mass is 491 g/mol. The van der Waals surface area contributed by atoms with Crippen LogP contribution in [0.3, 0.4) is 0 Å². The van der Waals surface area contributed by atoms with Crippen molar-refractivity contribution in [1.29, 1.82) is 0 Å². The van der Waals surface area contributed by atoms with Gasteiger partial charge in [0.2, 0.25) is 0 Å². The smallest absolute Gasteiger partial charge is 0.287 e. The van der Waals surface area contributed by atoms with Crippen LogP contribution in [0.15, 0.2) is 83.4 Å². The molecule has 2 aromatic carbocycles. The van der Waals surface area contributed by atoms with E-state index in [1.165, 1.54) is 24.3 Å². The third kappa shape index (κ3) is 6.07. The Hall–Kier alpha value is -4.20. The molecule has 4 aromatic rings. The number of carbonyl (C=O) groups excluding carboxylic acids is 2. The van der Waals surface area contributed by atoms with E-state index in [1.807, 2.05) is 29.8 Å². The summed E-state index contributed by atoms with van der Waals surface area (Å²) in [5, 5.41) is 2.75. The molecule has 0 aliphatic heterocycles. The first kappa shape index (κ1) is 24.9. The molecule has 1 N–H and O–H groups in total. The standard InChI is InChI=1S/C28H27F2N3O3/c1-2-15-33(28(35)24-7-3-4-8-25(24)30)18-22-6-5-16-32(22)19-23-13-14-26(36-23)27(34)31-17-20-9-11-21(29)12-10-20/h3-14,16H,2,15,17-19H2,1H3,(H,31,34). The summed E-state index contributed by atoms with van der Waals surface area (Å²) >= 11 is 0. The summed E-state index contributed by atoms with van der Waals surface area (Å²) < 4.78 is 34.9. The highest BCUT2D eigenvalue weighted by Gasteiger charge is 2.20. The molecule has 0 unspecified atom stereocenters. The first-order chi connectivity index (χ1) is 17.4. The number of furan rings is 1. The van der Waals surface area contributed by atoms with Crippen LogP contribution in [0.25, 0.3) is 0 Å². The number of aromatic nitrogens is 1. The fraction of sp³-hybridized carbons (Fsp3) is 0.214. The number of hydrogen-bond acceptors (Lipinski definition) is 3. The molecule has 0 bridgehead atoms. The van der Waals surface area contributed by atoms with E-state index in [2.05, 4.69) is 5.32 Å². The molecule has 0 fully saturated rings. The Morgan fingerprint density at radius 2 is 1.75 bits per heavy atom. The lowest BCUT2D eigenvalue weighted by molar-refractivity contribution is 0.0734. The highest BCUT2D eigenvalue weighted by molar-refractivity contribution is 5.94. The Morgan fingerprint density at radius 1 is 0.972 bits per heavy atom. The van der Waals surface area contributed by atoms with Gasteiger partial charge in [-0.3, -0.25) is 9.59 Å². The average molecular weight is 492 g/mol. The molecule has 0 aliphatic rings. The van der Waals surface area contributed by atoms with E-state index in [0.29, 0.717) is 25.4 Å². The van der Waals surface area contributed by atoms with Crippen LogP contribution in [-0.4, -0.2) is 27.8 Å². The summed E-state index contributed by atoms with van der Waals surface area (Å²) in [4.78, 5) is 27.1. The first-order valence-electron chi connectivity index (χ1n) is 11.7. The van der Waals surface area contributed by atoms with E-state index in [4.69, 9.17) is 4.42 Å². The molecular weight excluding hydrogens is 464 g/mol. The summed E-state index contributed by atoms with van der Waals surface area (Å²) in [6.07, 6.45) is 2.60. The van der Waals surface area contributed by atoms with Gasteiger partial charge in [0.25, 0.3) is 11.8 Å². The number of hydrogen-bond donors (Lipinski definition) is 1. The fourth-order valence-electron chi connectivity index (χ4n) is 3.89. The summed E-state index contributed by atoms with van der Waals surface area (Å²) in [6, 6.07) is 19.0. The molecule has 0 saturated heterocycles. The van der Waals surface area contributed by atoms with Gasteiger partial charge in [-0.25, -0.2) is 8.78 Å². The van der Waals surface area contributed by atoms with Crippen molar-refractivity contribution in [3.8, 4) is 0 Å². The Bertz CT molecular complexity index is 1330. The normalized spacial score (nSPS) is 10.9. The van der Waals surface area contributed by atoms with E-state index in [-0.39, 0.29) is 35.5 Å². The lowest BCUT2D eigenvalue weighted by atomic mass is 10.1. The van der Waals surface area contributed by atoms with Crippen LogP contribution in [0.5, 0.6) is 0 Å². The van der Waals surface area contributed by atoms with E-state index in [9.17, 15) is 18.4 Å². The first-order valence-corrected chi connectivity index (χ1v) is 11.7. The van der Waals surface area contributed by atoms with Crippen LogP contribution in [0.1, 0.15) is 51.3 Å². The Balaban J connectivity index is 1.41. The second kappa shape index (κ2) is 11.5. The van der Waals surface area contributed by atoms with E-state index >= 15 is 0 Å². The number of rotatable bonds is 10. The van der Waals surface area contributed by atoms with Gasteiger partial charge in [-0.15, -0.1) is 0 Å². The van der Waals surface area contributed by atoms with Crippen LogP contribution in [0.4, 0.5) is 8.78 Å². The molecule has 0 radical (unpaired) electrons. The van der Waals surface area contributed by atoms with Gasteiger partial charge in [-0.1, -0.05) is 31.2 Å². The maximum absolute atomic E-state index is 14.2. The molecule has 4 rings (SSSR count). The Labute approximate surface area is 208 Å². The minimum absolute atomic E-state index is 0.0476. The summed E-state index contributed by atoms with van der Waals surface area (Å²) in [6.45, 7) is 3.37. The van der Waals surface area contributed by atoms with Crippen molar-refractivity contribution >= 4 is 11.8 Å². The SMILES string of the molecule is CCCN(Cc1cccn1Cc1ccc(C(=O)NCc2ccc(F)cc2)o1)C(=O)c1ccccc1F. The van der Waals surface area contributed by atoms with Crippen molar-refractivity contribution in [3.63, 3.8) is 0 Å². The molecule has 0 aliphatic carbocycles. The van der Waals surface area contributed by atoms with E-state index < -0.39 is 5.82 Å². The van der Waals surface area contributed by atoms with Crippen LogP contribution < -0.4 is 5.32 Å². The molecule has 6 nitrogen and oxygen atoms in total. The van der Waals surface area contributed by atoms with Gasteiger partial charge in [0, 0.05) is 25.0 Å². The van der Waals surface area contributed by atoms with Gasteiger partial charge >= 0.3 is 0 Å². The lowest BCUT2D eigenvalue weighted by Gasteiger charge is -2.23. The van der Waals surface area contributed by atoms with Crippen molar-refractivity contribution < 1.29 is 22.8 Å². The van der Waals surface area contributed by atoms with Gasteiger partial charge < -0.3 is 19.2 Å². The summed E-state index contributed by atoms with van der Waals surface area (Å²) in [7, 11) is 0. The molecule has 0 spiro atoms. The highest BCUT2D eigenvalue weighted by Crippen LogP contribution is 2.17. The molecule has 8 heteroatoms. The van der Waals surface area contributed by atoms with Crippen LogP contribution in [0, 0.1) is 11.6 Å². The second-order valence-corrected chi connectivity index (χ2v) is 8.41. The quantitative estimate of drug-likeness (QED) is 0.323. The predicted molar refractivity (Wildman–Crippen MR) is 131 cm³/mol. The summed E-state index contributed by atoms with van der Waals surface area (Å²) in [5.74, 6) is -0.868. The second-order valence-electron chi connectivity index (χ2n) is 8.41. The minimum atomic E-state index is -0.542. The van der Waals surface area contributed by atoms with Crippen molar-refractivity contribution in [3.05, 3.63) is 119 Å². The Kier molecular flexibility index (Phi) is 7.95. The van der Waals surface area contributed by atoms with Gasteiger partial charge in [0.05, 0.1) is 18.7 Å². The third-order valence-electron chi connectivity index (χ3n) is 5.74. The zero-order chi connectivity index (χ0) is 25.5. The highest BCUT2D eigenvalue weighted by atomic mass is 19.1. The van der Waals surface area contributed by atoms with Crippen molar-refractivity contribution in [2.24, 2.45) is 0 Å². The minimum Gasteiger partial charge on any atom is -0.454 e. The Morgan fingerprint density at radius 3 is 2.50 bits per heavy atom. The van der Waals surface area contributed by atoms with Crippen molar-refractivity contribution in [1.82, 2.24) is 14.8 Å². The molecule has 2 amide bonds. The number of benzene rings is 2. The molecule has 0 atom stereocenters. The van der Waals surface area contributed by atoms with Crippen molar-refractivity contribution in [2.75, 3.05) is 6.54 Å². The predicted octanol–water partition coefficient (Wildman–Crippen LogP) is 5.39. The zero-order valence-corrected chi connectivity index (χ0v) is 19.9. The van der Waals surface area contributed by atoms with Gasteiger partial charge in [0.1, 0.15) is 17.4 Å². The van der Waals surface area contributed by atoms with Gasteiger partial charge in [0.15, 0.2) is 5.76 Å². The number of amides is 2. The number of nitrogens with zero attached hydrogens (tertiary/aromatic N) is 2. The van der Waals surface area contributed by atoms with Crippen LogP contribution in [-0.2, 0) is 19.6 Å². The molecular formula is C28H27F2N3O3. The number of halogens is 2. The summed E-state index contributed by atoms with van der Waals surface area (Å²) in [5.41, 5.74) is 1.67. The van der Waals surface area contributed by atoms with Crippen molar-refractivity contribution in [2.45, 2.75) is 33.0 Å². The van der Waals surface area contributed by atoms with Gasteiger partial charge in [-0.2, -0.15) is 0 Å². The maximum Gasteiger partial charge on any atom is 0.287 e. The lowest BCUT2D eigenvalue weighted by Crippen LogP contribution is -2.32. The average Bonchev–Trinajstić information content (AvgIpc) is 3.53. The maximum atomic E-state index is 14.2. The fourth-order valence-corrected chi connectivity index (χ4v) is 3.89. The molecule has 2 aromatic heterocycles. The topological polar surface area (TPSA) is 67.5 Å². The number of nitrogens with one attached hydrogen (secondary N) is 1. The van der Waals surface area contributed by atoms with Crippen LogP contribution >= 0.6 is 0 Å². The molecule has 0 saturated carbocycles. The van der Waals surface area contributed by atoms with E-state index in [0.717, 1.165) is 17.7 Å². The van der Waals surface area contributed by atoms with Crippen LogP contribution in [0.2, 0.25) is 0 Å². The number of carbonyl (C=O) groups is 2. The third-order valence-corrected chi connectivity index (χ3v) is 5.74. The van der Waals surface area contributed by atoms with Gasteiger partial charge in [-0.05, 0) is 60.5 Å². The molecule has 2 heterocycles. The largest absolute Gasteiger partial charge is 0.454 e. The molecule has 186 valence electrons. The zero-order valence-electron chi connectivity index (χ0n) is 19.9.